The van der Waals surface area contributed by atoms with Crippen LogP contribution in [-0.2, 0) is 13.0 Å². The van der Waals surface area contributed by atoms with E-state index in [1.165, 1.54) is 0 Å². The molecule has 1 aliphatic heterocycles. The average molecular weight is 239 g/mol. The van der Waals surface area contributed by atoms with Crippen molar-refractivity contribution in [2.75, 3.05) is 11.5 Å². The molecule has 1 aromatic carbocycles. The molecule has 1 nitrogen and oxygen atoms in total. The van der Waals surface area contributed by atoms with Gasteiger partial charge in [-0.1, -0.05) is 24.3 Å². The van der Waals surface area contributed by atoms with E-state index >= 15 is 0 Å². The Bertz CT molecular complexity index is 348. The Morgan fingerprint density at radius 2 is 1.81 bits per heavy atom. The lowest BCUT2D eigenvalue weighted by Crippen LogP contribution is -2.31. The molecular formula is C13H18FNS. The minimum absolute atomic E-state index is 0.501. The molecule has 0 aliphatic carbocycles. The third-order valence-electron chi connectivity index (χ3n) is 3.23. The molecule has 0 atom stereocenters. The van der Waals surface area contributed by atoms with Crippen LogP contribution < -0.4 is 5.73 Å². The van der Waals surface area contributed by atoms with E-state index in [2.05, 4.69) is 0 Å². The van der Waals surface area contributed by atoms with Crippen molar-refractivity contribution in [3.63, 3.8) is 0 Å². The summed E-state index contributed by atoms with van der Waals surface area (Å²) in [5.74, 6) is 1.89. The van der Waals surface area contributed by atoms with Gasteiger partial charge in [-0.2, -0.15) is 11.8 Å². The molecule has 3 heteroatoms. The summed E-state index contributed by atoms with van der Waals surface area (Å²) >= 11 is 1.85. The first-order valence-corrected chi connectivity index (χ1v) is 6.92. The zero-order valence-corrected chi connectivity index (χ0v) is 10.2. The van der Waals surface area contributed by atoms with Crippen molar-refractivity contribution in [2.45, 2.75) is 31.5 Å². The van der Waals surface area contributed by atoms with Crippen molar-refractivity contribution in [3.05, 3.63) is 35.4 Å². The Hall–Kier alpha value is -0.540. The molecule has 2 rings (SSSR count). The van der Waals surface area contributed by atoms with Crippen LogP contribution in [0.15, 0.2) is 24.3 Å². The lowest BCUT2D eigenvalue weighted by Gasteiger charge is -2.29. The highest BCUT2D eigenvalue weighted by Crippen LogP contribution is 2.34. The molecular weight excluding hydrogens is 221 g/mol. The Labute approximate surface area is 101 Å². The van der Waals surface area contributed by atoms with Gasteiger partial charge < -0.3 is 5.73 Å². The fraction of sp³-hybridized carbons (Fsp3) is 0.538. The van der Waals surface area contributed by atoms with Gasteiger partial charge in [-0.25, -0.2) is 4.39 Å². The molecule has 1 aliphatic rings. The molecule has 0 spiro atoms. The van der Waals surface area contributed by atoms with Crippen LogP contribution in [0, 0.1) is 0 Å². The maximum absolute atomic E-state index is 14.5. The van der Waals surface area contributed by atoms with E-state index in [-0.39, 0.29) is 0 Å². The number of alkyl halides is 1. The molecule has 1 fully saturated rings. The van der Waals surface area contributed by atoms with Crippen LogP contribution in [0.1, 0.15) is 24.0 Å². The second-order valence-corrected chi connectivity index (χ2v) is 5.64. The summed E-state index contributed by atoms with van der Waals surface area (Å²) in [7, 11) is 0. The Morgan fingerprint density at radius 1 is 1.19 bits per heavy atom. The third-order valence-corrected chi connectivity index (χ3v) is 4.22. The van der Waals surface area contributed by atoms with Gasteiger partial charge in [0.1, 0.15) is 5.67 Å². The minimum atomic E-state index is -1.00. The van der Waals surface area contributed by atoms with Crippen LogP contribution in [0.5, 0.6) is 0 Å². The second-order valence-electron chi connectivity index (χ2n) is 4.41. The van der Waals surface area contributed by atoms with E-state index in [0.29, 0.717) is 25.8 Å². The van der Waals surface area contributed by atoms with E-state index in [9.17, 15) is 4.39 Å². The first kappa shape index (κ1) is 11.9. The molecule has 0 saturated carbocycles. The molecule has 0 bridgehead atoms. The number of halogens is 1. The van der Waals surface area contributed by atoms with Crippen LogP contribution in [0.25, 0.3) is 0 Å². The van der Waals surface area contributed by atoms with E-state index in [0.717, 1.165) is 22.6 Å². The molecule has 1 saturated heterocycles. The summed E-state index contributed by atoms with van der Waals surface area (Å²) in [6, 6.07) is 7.93. The van der Waals surface area contributed by atoms with Crippen molar-refractivity contribution in [2.24, 2.45) is 5.73 Å². The van der Waals surface area contributed by atoms with Crippen LogP contribution in [-0.4, -0.2) is 17.2 Å². The third kappa shape index (κ3) is 2.77. The van der Waals surface area contributed by atoms with E-state index in [1.54, 1.807) is 0 Å². The maximum Gasteiger partial charge on any atom is 0.116 e. The summed E-state index contributed by atoms with van der Waals surface area (Å²) in [5, 5.41) is 0. The largest absolute Gasteiger partial charge is 0.326 e. The van der Waals surface area contributed by atoms with Gasteiger partial charge in [0.2, 0.25) is 0 Å². The van der Waals surface area contributed by atoms with E-state index in [1.807, 2.05) is 36.0 Å². The molecule has 0 amide bonds. The quantitative estimate of drug-likeness (QED) is 0.877. The Morgan fingerprint density at radius 3 is 2.44 bits per heavy atom. The molecule has 0 aromatic heterocycles. The normalized spacial score (nSPS) is 19.6. The van der Waals surface area contributed by atoms with Crippen LogP contribution in [0.4, 0.5) is 4.39 Å². The first-order valence-electron chi connectivity index (χ1n) is 5.77. The van der Waals surface area contributed by atoms with Crippen molar-refractivity contribution < 1.29 is 4.39 Å². The van der Waals surface area contributed by atoms with Crippen LogP contribution >= 0.6 is 11.8 Å². The lowest BCUT2D eigenvalue weighted by atomic mass is 9.89. The molecule has 0 unspecified atom stereocenters. The van der Waals surface area contributed by atoms with Gasteiger partial charge in [0.25, 0.3) is 0 Å². The zero-order valence-electron chi connectivity index (χ0n) is 9.42. The fourth-order valence-corrected chi connectivity index (χ4v) is 3.41. The number of hydrogen-bond donors (Lipinski definition) is 1. The van der Waals surface area contributed by atoms with E-state index in [4.69, 9.17) is 5.73 Å². The topological polar surface area (TPSA) is 26.0 Å². The maximum atomic E-state index is 14.5. The van der Waals surface area contributed by atoms with Crippen LogP contribution in [0.2, 0.25) is 0 Å². The highest BCUT2D eigenvalue weighted by Gasteiger charge is 2.32. The van der Waals surface area contributed by atoms with Gasteiger partial charge in [0.05, 0.1) is 0 Å². The average Bonchev–Trinajstić information content (AvgIpc) is 2.30. The van der Waals surface area contributed by atoms with Gasteiger partial charge in [0, 0.05) is 13.0 Å². The van der Waals surface area contributed by atoms with Crippen molar-refractivity contribution in [3.8, 4) is 0 Å². The standard InChI is InChI=1S/C13H18FNS/c14-13(5-7-16-8-6-13)9-11-3-1-2-4-12(11)10-15/h1-4H,5-10,15H2. The van der Waals surface area contributed by atoms with E-state index < -0.39 is 5.67 Å². The van der Waals surface area contributed by atoms with Gasteiger partial charge in [0.15, 0.2) is 0 Å². The molecule has 16 heavy (non-hydrogen) atoms. The van der Waals surface area contributed by atoms with Gasteiger partial charge in [-0.05, 0) is 35.5 Å². The summed E-state index contributed by atoms with van der Waals surface area (Å²) in [4.78, 5) is 0. The minimum Gasteiger partial charge on any atom is -0.326 e. The number of rotatable bonds is 3. The summed E-state index contributed by atoms with van der Waals surface area (Å²) < 4.78 is 14.5. The van der Waals surface area contributed by atoms with Gasteiger partial charge in [-0.3, -0.25) is 0 Å². The monoisotopic (exact) mass is 239 g/mol. The smallest absolute Gasteiger partial charge is 0.116 e. The van der Waals surface area contributed by atoms with Crippen molar-refractivity contribution in [1.82, 2.24) is 0 Å². The zero-order chi connectivity index (χ0) is 11.4. The highest BCUT2D eigenvalue weighted by molar-refractivity contribution is 7.99. The van der Waals surface area contributed by atoms with Crippen molar-refractivity contribution in [1.29, 1.82) is 0 Å². The fourth-order valence-electron chi connectivity index (χ4n) is 2.18. The number of nitrogens with two attached hydrogens (primary N) is 1. The number of hydrogen-bond acceptors (Lipinski definition) is 2. The molecule has 88 valence electrons. The highest BCUT2D eigenvalue weighted by atomic mass is 32.2. The summed E-state index contributed by atoms with van der Waals surface area (Å²) in [5.41, 5.74) is 6.83. The Kier molecular flexibility index (Phi) is 3.87. The van der Waals surface area contributed by atoms with Gasteiger partial charge >= 0.3 is 0 Å². The summed E-state index contributed by atoms with van der Waals surface area (Å²) in [6.45, 7) is 0.501. The Balaban J connectivity index is 2.12. The first-order chi connectivity index (χ1) is 7.73. The SMILES string of the molecule is NCc1ccccc1CC1(F)CCSCC1. The van der Waals surface area contributed by atoms with Crippen LogP contribution in [0.3, 0.4) is 0 Å². The second kappa shape index (κ2) is 5.19. The molecule has 1 heterocycles. The molecule has 1 aromatic rings. The summed E-state index contributed by atoms with van der Waals surface area (Å²) in [6.07, 6.45) is 1.88. The predicted molar refractivity (Wildman–Crippen MR) is 68.4 cm³/mol. The number of thioether (sulfide) groups is 1. The molecule has 2 N–H and O–H groups in total. The predicted octanol–water partition coefficient (Wildman–Crippen LogP) is 2.92. The number of benzene rings is 1. The lowest BCUT2D eigenvalue weighted by molar-refractivity contribution is 0.150. The molecule has 0 radical (unpaired) electrons. The van der Waals surface area contributed by atoms with Gasteiger partial charge in [-0.15, -0.1) is 0 Å². The van der Waals surface area contributed by atoms with Crippen molar-refractivity contribution >= 4 is 11.8 Å².